The summed E-state index contributed by atoms with van der Waals surface area (Å²) in [4.78, 5) is 23.0. The van der Waals surface area contributed by atoms with Crippen molar-refractivity contribution in [2.45, 2.75) is 31.3 Å². The molecule has 0 fully saturated rings. The molecule has 1 unspecified atom stereocenters. The first-order valence-corrected chi connectivity index (χ1v) is 10.3. The molecule has 0 radical (unpaired) electrons. The lowest BCUT2D eigenvalue weighted by Gasteiger charge is -2.19. The second kappa shape index (κ2) is 7.98. The second-order valence-electron chi connectivity index (χ2n) is 6.55. The first kappa shape index (κ1) is 19.8. The Balaban J connectivity index is 1.73. The van der Waals surface area contributed by atoms with Crippen molar-refractivity contribution >= 4 is 33.5 Å². The van der Waals surface area contributed by atoms with Gasteiger partial charge in [0.25, 0.3) is 10.0 Å². The molecule has 1 aliphatic rings. The summed E-state index contributed by atoms with van der Waals surface area (Å²) in [6.45, 7) is 3.27. The van der Waals surface area contributed by atoms with E-state index in [2.05, 4.69) is 0 Å². The monoisotopic (exact) mass is 399 g/mol. The maximum absolute atomic E-state index is 13.0. The van der Waals surface area contributed by atoms with Crippen LogP contribution in [-0.4, -0.2) is 32.8 Å². The Bertz CT molecular complexity index is 1030. The number of Topliss-reactive ketones (excluding diaryl/α,β-unsaturated/α-hetero) is 1. The third-order valence-electron chi connectivity index (χ3n) is 4.59. The molecule has 7 heteroatoms. The van der Waals surface area contributed by atoms with Gasteiger partial charge in [-0.25, -0.2) is 13.2 Å². The Morgan fingerprint density at radius 2 is 1.79 bits per heavy atom. The number of ether oxygens (including phenoxy) is 1. The number of rotatable bonds is 6. The summed E-state index contributed by atoms with van der Waals surface area (Å²) in [6.07, 6.45) is 2.61. The molecular formula is C21H21NO5S. The molecule has 0 bridgehead atoms. The van der Waals surface area contributed by atoms with E-state index < -0.39 is 22.1 Å². The summed E-state index contributed by atoms with van der Waals surface area (Å²) in [5.74, 6) is -0.868. The van der Waals surface area contributed by atoms with E-state index in [1.807, 2.05) is 24.3 Å². The summed E-state index contributed by atoms with van der Waals surface area (Å²) in [7, 11) is -3.65. The van der Waals surface area contributed by atoms with Crippen LogP contribution in [0.2, 0.25) is 0 Å². The van der Waals surface area contributed by atoms with E-state index in [9.17, 15) is 18.0 Å². The first-order valence-electron chi connectivity index (χ1n) is 8.89. The molecule has 2 aromatic carbocycles. The summed E-state index contributed by atoms with van der Waals surface area (Å²) in [5.41, 5.74) is 2.38. The van der Waals surface area contributed by atoms with E-state index in [0.717, 1.165) is 5.56 Å². The number of sulfonamides is 1. The van der Waals surface area contributed by atoms with E-state index in [4.69, 9.17) is 4.74 Å². The highest BCUT2D eigenvalue weighted by Gasteiger charge is 2.30. The van der Waals surface area contributed by atoms with E-state index in [-0.39, 0.29) is 10.7 Å². The van der Waals surface area contributed by atoms with Gasteiger partial charge in [-0.1, -0.05) is 30.3 Å². The smallest absolute Gasteiger partial charge is 0.331 e. The van der Waals surface area contributed by atoms with Gasteiger partial charge in [0.05, 0.1) is 10.6 Å². The number of ketones is 1. The van der Waals surface area contributed by atoms with Crippen LogP contribution in [0.3, 0.4) is 0 Å². The predicted molar refractivity (Wildman–Crippen MR) is 106 cm³/mol. The van der Waals surface area contributed by atoms with Gasteiger partial charge in [0.2, 0.25) is 0 Å². The van der Waals surface area contributed by atoms with Crippen LogP contribution in [0.5, 0.6) is 0 Å². The lowest BCUT2D eigenvalue weighted by molar-refractivity contribution is -0.148. The Morgan fingerprint density at radius 1 is 1.11 bits per heavy atom. The van der Waals surface area contributed by atoms with Crippen LogP contribution in [0.1, 0.15) is 25.0 Å². The Hall–Kier alpha value is -2.93. The van der Waals surface area contributed by atoms with Crippen LogP contribution in [0.25, 0.3) is 6.08 Å². The quantitative estimate of drug-likeness (QED) is 0.551. The zero-order chi connectivity index (χ0) is 20.3. The van der Waals surface area contributed by atoms with E-state index in [1.165, 1.54) is 42.4 Å². The topological polar surface area (TPSA) is 80.8 Å². The molecule has 1 atom stereocenters. The number of esters is 1. The van der Waals surface area contributed by atoms with Crippen molar-refractivity contribution in [1.29, 1.82) is 0 Å². The van der Waals surface area contributed by atoms with Crippen molar-refractivity contribution in [3.05, 3.63) is 65.7 Å². The summed E-state index contributed by atoms with van der Waals surface area (Å²) in [5, 5.41) is 0. The number of hydrogen-bond acceptors (Lipinski definition) is 5. The SMILES string of the molecule is CC(=O)C(C)OC(=O)/C=C/c1ccc(S(=O)(=O)N2CCc3ccccc32)cc1. The number of hydrogen-bond donors (Lipinski definition) is 0. The van der Waals surface area contributed by atoms with Crippen molar-refractivity contribution in [3.63, 3.8) is 0 Å². The molecule has 0 amide bonds. The van der Waals surface area contributed by atoms with Crippen LogP contribution in [0.4, 0.5) is 5.69 Å². The second-order valence-corrected chi connectivity index (χ2v) is 8.41. The highest BCUT2D eigenvalue weighted by atomic mass is 32.2. The predicted octanol–water partition coefficient (Wildman–Crippen LogP) is 2.97. The maximum Gasteiger partial charge on any atom is 0.331 e. The van der Waals surface area contributed by atoms with Crippen molar-refractivity contribution in [3.8, 4) is 0 Å². The van der Waals surface area contributed by atoms with E-state index in [1.54, 1.807) is 12.1 Å². The molecule has 0 saturated carbocycles. The largest absolute Gasteiger partial charge is 0.452 e. The van der Waals surface area contributed by atoms with Gasteiger partial charge in [0.15, 0.2) is 11.9 Å². The average molecular weight is 399 g/mol. The number of fused-ring (bicyclic) bond motifs is 1. The van der Waals surface area contributed by atoms with Gasteiger partial charge in [-0.3, -0.25) is 9.10 Å². The fourth-order valence-corrected chi connectivity index (χ4v) is 4.40. The fraction of sp³-hybridized carbons (Fsp3) is 0.238. The molecule has 0 aromatic heterocycles. The molecule has 0 aliphatic carbocycles. The van der Waals surface area contributed by atoms with Crippen molar-refractivity contribution in [2.75, 3.05) is 10.8 Å². The normalized spacial score (nSPS) is 14.7. The number of carbonyl (C=O) groups is 2. The minimum absolute atomic E-state index is 0.189. The number of anilines is 1. The molecule has 146 valence electrons. The van der Waals surface area contributed by atoms with Gasteiger partial charge in [0.1, 0.15) is 0 Å². The van der Waals surface area contributed by atoms with Crippen molar-refractivity contribution in [1.82, 2.24) is 0 Å². The Labute approximate surface area is 164 Å². The lowest BCUT2D eigenvalue weighted by Crippen LogP contribution is -2.29. The van der Waals surface area contributed by atoms with Gasteiger partial charge < -0.3 is 4.74 Å². The molecule has 28 heavy (non-hydrogen) atoms. The molecular weight excluding hydrogens is 378 g/mol. The van der Waals surface area contributed by atoms with Gasteiger partial charge in [-0.05, 0) is 55.7 Å². The average Bonchev–Trinajstić information content (AvgIpc) is 3.11. The standard InChI is InChI=1S/C21H21NO5S/c1-15(23)16(2)27-21(24)12-9-17-7-10-19(11-8-17)28(25,26)22-14-13-18-5-3-4-6-20(18)22/h3-12,16H,13-14H2,1-2H3/b12-9+. The molecule has 1 aliphatic heterocycles. The molecule has 6 nitrogen and oxygen atoms in total. The van der Waals surface area contributed by atoms with Crippen LogP contribution < -0.4 is 4.31 Å². The van der Waals surface area contributed by atoms with Crippen LogP contribution >= 0.6 is 0 Å². The summed E-state index contributed by atoms with van der Waals surface area (Å²) >= 11 is 0. The molecule has 2 aromatic rings. The summed E-state index contributed by atoms with van der Waals surface area (Å²) < 4.78 is 32.3. The Morgan fingerprint density at radius 3 is 2.46 bits per heavy atom. The maximum atomic E-state index is 13.0. The molecule has 1 heterocycles. The number of carbonyl (C=O) groups excluding carboxylic acids is 2. The van der Waals surface area contributed by atoms with Gasteiger partial charge in [-0.2, -0.15) is 0 Å². The van der Waals surface area contributed by atoms with Crippen molar-refractivity contribution in [2.24, 2.45) is 0 Å². The first-order chi connectivity index (χ1) is 13.3. The molecule has 3 rings (SSSR count). The molecule has 0 N–H and O–H groups in total. The van der Waals surface area contributed by atoms with Crippen molar-refractivity contribution < 1.29 is 22.7 Å². The lowest BCUT2D eigenvalue weighted by atomic mass is 10.2. The molecule has 0 spiro atoms. The minimum Gasteiger partial charge on any atom is -0.452 e. The molecule has 0 saturated heterocycles. The zero-order valence-corrected chi connectivity index (χ0v) is 16.5. The number of benzene rings is 2. The third-order valence-corrected chi connectivity index (χ3v) is 6.42. The third kappa shape index (κ3) is 4.14. The number of nitrogens with zero attached hydrogens (tertiary/aromatic N) is 1. The Kier molecular flexibility index (Phi) is 5.65. The van der Waals surface area contributed by atoms with Crippen LogP contribution in [0.15, 0.2) is 59.5 Å². The zero-order valence-electron chi connectivity index (χ0n) is 15.7. The summed E-state index contributed by atoms with van der Waals surface area (Å²) in [6, 6.07) is 13.7. The highest BCUT2D eigenvalue weighted by Crippen LogP contribution is 2.32. The minimum atomic E-state index is -3.65. The van der Waals surface area contributed by atoms with Gasteiger partial charge >= 0.3 is 5.97 Å². The fourth-order valence-electron chi connectivity index (χ4n) is 2.90. The van der Waals surface area contributed by atoms with E-state index in [0.29, 0.717) is 24.2 Å². The van der Waals surface area contributed by atoms with Gasteiger partial charge in [-0.15, -0.1) is 0 Å². The van der Waals surface area contributed by atoms with Crippen LogP contribution in [-0.2, 0) is 30.8 Å². The van der Waals surface area contributed by atoms with Crippen LogP contribution in [0, 0.1) is 0 Å². The van der Waals surface area contributed by atoms with Gasteiger partial charge in [0, 0.05) is 12.6 Å². The highest BCUT2D eigenvalue weighted by molar-refractivity contribution is 7.92. The number of para-hydroxylation sites is 1. The van der Waals surface area contributed by atoms with E-state index >= 15 is 0 Å².